The average molecular weight is 390 g/mol. The number of nitrogens with one attached hydrogen (secondary N) is 2. The minimum absolute atomic E-state index is 0.125. The molecule has 10 heteroatoms. The fourth-order valence-electron chi connectivity index (χ4n) is 2.16. The lowest BCUT2D eigenvalue weighted by atomic mass is 10.2. The van der Waals surface area contributed by atoms with E-state index in [9.17, 15) is 4.79 Å². The van der Waals surface area contributed by atoms with Crippen LogP contribution in [0.25, 0.3) is 0 Å². The second kappa shape index (κ2) is 8.37. The monoisotopic (exact) mass is 389 g/mol. The van der Waals surface area contributed by atoms with Crippen molar-refractivity contribution < 1.29 is 19.0 Å². The number of aromatic amines is 1. The number of halogens is 1. The van der Waals surface area contributed by atoms with Gasteiger partial charge in [0.15, 0.2) is 0 Å². The Morgan fingerprint density at radius 1 is 1.11 bits per heavy atom. The number of amides is 1. The summed E-state index contributed by atoms with van der Waals surface area (Å²) in [4.78, 5) is 19.8. The number of H-pyrrole nitrogens is 1. The highest BCUT2D eigenvalue weighted by atomic mass is 35.5. The molecule has 9 nitrogen and oxygen atoms in total. The zero-order chi connectivity index (χ0) is 19.2. The van der Waals surface area contributed by atoms with E-state index in [1.54, 1.807) is 26.4 Å². The van der Waals surface area contributed by atoms with E-state index in [0.717, 1.165) is 5.56 Å². The van der Waals surface area contributed by atoms with Crippen molar-refractivity contribution in [2.75, 3.05) is 19.5 Å². The number of hydrogen-bond acceptors (Lipinski definition) is 7. The van der Waals surface area contributed by atoms with E-state index in [0.29, 0.717) is 23.2 Å². The van der Waals surface area contributed by atoms with Crippen molar-refractivity contribution in [3.63, 3.8) is 0 Å². The van der Waals surface area contributed by atoms with Crippen LogP contribution in [0.1, 0.15) is 16.1 Å². The normalized spacial score (nSPS) is 10.3. The number of ether oxygens (including phenoxy) is 3. The second-order valence-electron chi connectivity index (χ2n) is 5.31. The highest BCUT2D eigenvalue weighted by Gasteiger charge is 2.11. The number of nitrogens with zero attached hydrogens (tertiary/aromatic N) is 3. The van der Waals surface area contributed by atoms with Gasteiger partial charge in [-0.25, -0.2) is 9.97 Å². The highest BCUT2D eigenvalue weighted by Crippen LogP contribution is 2.23. The molecule has 2 heterocycles. The Bertz CT molecular complexity index is 907. The minimum Gasteiger partial charge on any atom is -0.497 e. The molecule has 3 rings (SSSR count). The number of carbonyl (C=O) groups excluding carboxylic acids is 1. The van der Waals surface area contributed by atoms with Crippen molar-refractivity contribution in [1.29, 1.82) is 0 Å². The first-order valence-corrected chi connectivity index (χ1v) is 8.14. The number of aromatic nitrogens is 4. The van der Waals surface area contributed by atoms with E-state index in [-0.39, 0.29) is 17.5 Å². The van der Waals surface area contributed by atoms with Gasteiger partial charge < -0.3 is 19.5 Å². The van der Waals surface area contributed by atoms with Crippen molar-refractivity contribution in [3.8, 4) is 17.4 Å². The lowest BCUT2D eigenvalue weighted by Crippen LogP contribution is -2.14. The van der Waals surface area contributed by atoms with Crippen molar-refractivity contribution in [2.24, 2.45) is 0 Å². The van der Waals surface area contributed by atoms with Crippen LogP contribution in [0.3, 0.4) is 0 Å². The average Bonchev–Trinajstić information content (AvgIpc) is 3.13. The molecule has 3 aromatic rings. The van der Waals surface area contributed by atoms with E-state index in [1.165, 1.54) is 12.4 Å². The predicted octanol–water partition coefficient (Wildman–Crippen LogP) is 2.70. The molecule has 0 aliphatic carbocycles. The predicted molar refractivity (Wildman–Crippen MR) is 97.5 cm³/mol. The summed E-state index contributed by atoms with van der Waals surface area (Å²) in [6, 6.07) is 6.98. The Morgan fingerprint density at radius 2 is 1.85 bits per heavy atom. The molecule has 0 aliphatic heterocycles. The summed E-state index contributed by atoms with van der Waals surface area (Å²) in [7, 11) is 3.15. The highest BCUT2D eigenvalue weighted by molar-refractivity contribution is 6.29. The molecule has 0 bridgehead atoms. The van der Waals surface area contributed by atoms with Gasteiger partial charge in [0.25, 0.3) is 5.91 Å². The quantitative estimate of drug-likeness (QED) is 0.639. The van der Waals surface area contributed by atoms with E-state index in [4.69, 9.17) is 25.8 Å². The fourth-order valence-corrected chi connectivity index (χ4v) is 2.26. The van der Waals surface area contributed by atoms with Gasteiger partial charge in [-0.05, 0) is 17.7 Å². The maximum Gasteiger partial charge on any atom is 0.277 e. The first kappa shape index (κ1) is 18.5. The largest absolute Gasteiger partial charge is 0.497 e. The minimum atomic E-state index is -0.452. The molecule has 27 heavy (non-hydrogen) atoms. The van der Waals surface area contributed by atoms with Crippen LogP contribution in [0.15, 0.2) is 36.7 Å². The van der Waals surface area contributed by atoms with Crippen LogP contribution in [0.4, 0.5) is 5.82 Å². The van der Waals surface area contributed by atoms with Crippen LogP contribution in [0, 0.1) is 0 Å². The summed E-state index contributed by atoms with van der Waals surface area (Å²) < 4.78 is 16.1. The van der Waals surface area contributed by atoms with Gasteiger partial charge in [-0.2, -0.15) is 0 Å². The molecule has 0 fully saturated rings. The first-order chi connectivity index (χ1) is 13.1. The third-order valence-electron chi connectivity index (χ3n) is 3.45. The molecule has 0 radical (unpaired) electrons. The number of anilines is 1. The zero-order valence-electron chi connectivity index (χ0n) is 14.5. The van der Waals surface area contributed by atoms with Gasteiger partial charge in [-0.1, -0.05) is 11.6 Å². The van der Waals surface area contributed by atoms with Gasteiger partial charge >= 0.3 is 0 Å². The lowest BCUT2D eigenvalue weighted by Gasteiger charge is -2.08. The molecule has 140 valence electrons. The molecule has 0 saturated carbocycles. The summed E-state index contributed by atoms with van der Waals surface area (Å²) in [5, 5.41) is 9.48. The van der Waals surface area contributed by atoms with E-state index < -0.39 is 5.91 Å². The van der Waals surface area contributed by atoms with Crippen molar-refractivity contribution >= 4 is 23.3 Å². The van der Waals surface area contributed by atoms with Gasteiger partial charge in [-0.3, -0.25) is 9.89 Å². The fraction of sp³-hybridized carbons (Fsp3) is 0.176. The molecule has 0 aliphatic rings. The summed E-state index contributed by atoms with van der Waals surface area (Å²) in [6.07, 6.45) is 2.57. The molecule has 2 N–H and O–H groups in total. The molecule has 0 spiro atoms. The molecular formula is C17H16ClN5O4. The molecule has 0 saturated heterocycles. The summed E-state index contributed by atoms with van der Waals surface area (Å²) in [6.45, 7) is 0.245. The Labute approximate surface area is 159 Å². The Hall–Kier alpha value is -3.33. The van der Waals surface area contributed by atoms with Crippen LogP contribution in [-0.4, -0.2) is 40.3 Å². The van der Waals surface area contributed by atoms with Gasteiger partial charge in [0, 0.05) is 12.1 Å². The van der Waals surface area contributed by atoms with Crippen molar-refractivity contribution in [3.05, 3.63) is 53.1 Å². The number of benzene rings is 1. The number of carbonyl (C=O) groups is 1. The van der Waals surface area contributed by atoms with E-state index in [2.05, 4.69) is 25.5 Å². The first-order valence-electron chi connectivity index (χ1n) is 7.76. The number of rotatable bonds is 7. The van der Waals surface area contributed by atoms with Gasteiger partial charge in [-0.15, -0.1) is 5.10 Å². The van der Waals surface area contributed by atoms with Crippen LogP contribution < -0.4 is 19.5 Å². The number of methoxy groups -OCH3 is 2. The van der Waals surface area contributed by atoms with Crippen molar-refractivity contribution in [2.45, 2.75) is 6.61 Å². The zero-order valence-corrected chi connectivity index (χ0v) is 15.3. The lowest BCUT2D eigenvalue weighted by molar-refractivity contribution is 0.102. The van der Waals surface area contributed by atoms with Crippen LogP contribution >= 0.6 is 11.6 Å². The van der Waals surface area contributed by atoms with Crippen LogP contribution in [0.5, 0.6) is 17.4 Å². The smallest absolute Gasteiger partial charge is 0.277 e. The Kier molecular flexibility index (Phi) is 5.72. The van der Waals surface area contributed by atoms with Gasteiger partial charge in [0.05, 0.1) is 26.6 Å². The Balaban J connectivity index is 1.61. The third kappa shape index (κ3) is 4.85. The van der Waals surface area contributed by atoms with E-state index >= 15 is 0 Å². The van der Waals surface area contributed by atoms with Gasteiger partial charge in [0.2, 0.25) is 5.88 Å². The molecule has 1 aromatic carbocycles. The molecule has 0 unspecified atom stereocenters. The summed E-state index contributed by atoms with van der Waals surface area (Å²) >= 11 is 5.65. The molecule has 1 amide bonds. The molecule has 0 atom stereocenters. The Morgan fingerprint density at radius 3 is 2.48 bits per heavy atom. The SMILES string of the molecule is COc1cc(COc2cc(NC(=O)c3cnc(Cl)cn3)[nH]n2)cc(OC)c1. The van der Waals surface area contributed by atoms with Crippen LogP contribution in [0.2, 0.25) is 5.15 Å². The van der Waals surface area contributed by atoms with Gasteiger partial charge in [0.1, 0.15) is 34.8 Å². The van der Waals surface area contributed by atoms with Crippen LogP contribution in [-0.2, 0) is 6.61 Å². The second-order valence-corrected chi connectivity index (χ2v) is 5.70. The maximum absolute atomic E-state index is 12.1. The number of hydrogen-bond donors (Lipinski definition) is 2. The summed E-state index contributed by atoms with van der Waals surface area (Å²) in [5.41, 5.74) is 0.969. The van der Waals surface area contributed by atoms with E-state index in [1.807, 2.05) is 12.1 Å². The molecule has 2 aromatic heterocycles. The third-order valence-corrected chi connectivity index (χ3v) is 3.65. The molecular weight excluding hydrogens is 374 g/mol. The summed E-state index contributed by atoms with van der Waals surface area (Å²) in [5.74, 6) is 1.54. The topological polar surface area (TPSA) is 111 Å². The maximum atomic E-state index is 12.1. The van der Waals surface area contributed by atoms with Crippen molar-refractivity contribution in [1.82, 2.24) is 20.2 Å². The standard InChI is InChI=1S/C17H16ClN5O4/c1-25-11-3-10(4-12(5-11)26-2)9-27-16-6-15(22-23-16)21-17(24)13-7-20-14(18)8-19-13/h3-8H,9H2,1-2H3,(H2,21,22,23,24).